The summed E-state index contributed by atoms with van der Waals surface area (Å²) in [4.78, 5) is 16.6. The van der Waals surface area contributed by atoms with Gasteiger partial charge in [0.2, 0.25) is 15.9 Å². The molecular formula is C20H24N4O3S. The molecule has 3 rings (SSSR count). The quantitative estimate of drug-likeness (QED) is 0.660. The zero-order valence-corrected chi connectivity index (χ0v) is 17.0. The number of aryl methyl sites for hydroxylation is 2. The van der Waals surface area contributed by atoms with E-state index in [1.807, 2.05) is 35.8 Å². The predicted octanol–water partition coefficient (Wildman–Crippen LogP) is 2.30. The number of imidazole rings is 1. The number of aromatic nitrogens is 2. The van der Waals surface area contributed by atoms with Gasteiger partial charge in [0.15, 0.2) is 0 Å². The first-order valence-corrected chi connectivity index (χ1v) is 10.4. The Hall–Kier alpha value is -2.71. The van der Waals surface area contributed by atoms with Crippen LogP contribution >= 0.6 is 0 Å². The fraction of sp³-hybridized carbons (Fsp3) is 0.300. The fourth-order valence-electron chi connectivity index (χ4n) is 2.81. The van der Waals surface area contributed by atoms with E-state index in [1.165, 1.54) is 24.0 Å². The van der Waals surface area contributed by atoms with Gasteiger partial charge in [-0.05, 0) is 30.7 Å². The van der Waals surface area contributed by atoms with E-state index in [2.05, 4.69) is 10.3 Å². The molecule has 0 aliphatic rings. The highest BCUT2D eigenvalue weighted by Crippen LogP contribution is 2.20. The van der Waals surface area contributed by atoms with Gasteiger partial charge in [-0.2, -0.15) is 0 Å². The summed E-state index contributed by atoms with van der Waals surface area (Å²) in [5, 5.41) is 2.91. The van der Waals surface area contributed by atoms with Crippen molar-refractivity contribution in [3.63, 3.8) is 0 Å². The fourth-order valence-corrected chi connectivity index (χ4v) is 3.73. The van der Waals surface area contributed by atoms with E-state index in [-0.39, 0.29) is 10.8 Å². The Morgan fingerprint density at radius 3 is 2.54 bits per heavy atom. The molecule has 0 fully saturated rings. The van der Waals surface area contributed by atoms with E-state index in [1.54, 1.807) is 24.5 Å². The summed E-state index contributed by atoms with van der Waals surface area (Å²) in [5.41, 5.74) is 3.62. The molecule has 0 spiro atoms. The van der Waals surface area contributed by atoms with E-state index in [9.17, 15) is 13.2 Å². The number of hydrogen-bond acceptors (Lipinski definition) is 4. The Kier molecular flexibility index (Phi) is 5.81. The summed E-state index contributed by atoms with van der Waals surface area (Å²) in [5.74, 6) is -0.0470. The van der Waals surface area contributed by atoms with Crippen molar-refractivity contribution in [3.8, 4) is 0 Å². The molecule has 148 valence electrons. The zero-order chi connectivity index (χ0) is 20.3. The van der Waals surface area contributed by atoms with Crippen molar-refractivity contribution < 1.29 is 13.2 Å². The minimum atomic E-state index is -3.50. The standard InChI is InChI=1S/C20H24N4O3S/c1-15-4-6-16(7-5-15)13-21-20(25)10-11-24-14-22-18-12-17(8-9-19(18)24)28(26,27)23(2)3/h4-9,12,14H,10-11,13H2,1-3H3,(H,21,25). The SMILES string of the molecule is Cc1ccc(CNC(=O)CCn2cnc3cc(S(=O)(=O)N(C)C)ccc32)cc1. The second-order valence-electron chi connectivity index (χ2n) is 6.89. The van der Waals surface area contributed by atoms with Crippen molar-refractivity contribution in [1.82, 2.24) is 19.2 Å². The van der Waals surface area contributed by atoms with Crippen LogP contribution in [0.25, 0.3) is 11.0 Å². The number of nitrogens with one attached hydrogen (secondary N) is 1. The average molecular weight is 401 g/mol. The normalized spacial score (nSPS) is 11.9. The van der Waals surface area contributed by atoms with Crippen LogP contribution in [-0.2, 0) is 27.9 Å². The molecule has 3 aromatic rings. The molecule has 0 atom stereocenters. The van der Waals surface area contributed by atoms with Crippen molar-refractivity contribution in [3.05, 3.63) is 59.9 Å². The summed E-state index contributed by atoms with van der Waals surface area (Å²) in [6.45, 7) is 2.99. The molecule has 0 saturated carbocycles. The number of fused-ring (bicyclic) bond motifs is 1. The minimum absolute atomic E-state index is 0.0470. The summed E-state index contributed by atoms with van der Waals surface area (Å²) in [6, 6.07) is 12.9. The molecule has 0 radical (unpaired) electrons. The van der Waals surface area contributed by atoms with Crippen molar-refractivity contribution >= 4 is 27.0 Å². The van der Waals surface area contributed by atoms with Gasteiger partial charge in [0, 0.05) is 33.6 Å². The number of amides is 1. The van der Waals surface area contributed by atoms with Crippen LogP contribution in [0.4, 0.5) is 0 Å². The van der Waals surface area contributed by atoms with Gasteiger partial charge >= 0.3 is 0 Å². The topological polar surface area (TPSA) is 84.3 Å². The van der Waals surface area contributed by atoms with E-state index in [0.717, 1.165) is 11.1 Å². The van der Waals surface area contributed by atoms with Gasteiger partial charge in [0.1, 0.15) is 0 Å². The Bertz CT molecular complexity index is 1090. The first kappa shape index (κ1) is 20.0. The second-order valence-corrected chi connectivity index (χ2v) is 9.04. The monoisotopic (exact) mass is 400 g/mol. The maximum Gasteiger partial charge on any atom is 0.242 e. The molecule has 1 aromatic heterocycles. The van der Waals surface area contributed by atoms with Crippen molar-refractivity contribution in [2.75, 3.05) is 14.1 Å². The lowest BCUT2D eigenvalue weighted by atomic mass is 10.1. The van der Waals surface area contributed by atoms with Crippen molar-refractivity contribution in [1.29, 1.82) is 0 Å². The number of benzene rings is 2. The number of rotatable bonds is 7. The van der Waals surface area contributed by atoms with Crippen LogP contribution in [0.2, 0.25) is 0 Å². The first-order chi connectivity index (χ1) is 13.3. The number of carbonyl (C=O) groups excluding carboxylic acids is 1. The van der Waals surface area contributed by atoms with Gasteiger partial charge in [-0.1, -0.05) is 29.8 Å². The van der Waals surface area contributed by atoms with E-state index >= 15 is 0 Å². The predicted molar refractivity (Wildman–Crippen MR) is 108 cm³/mol. The minimum Gasteiger partial charge on any atom is -0.352 e. The van der Waals surface area contributed by atoms with E-state index in [0.29, 0.717) is 25.0 Å². The van der Waals surface area contributed by atoms with Crippen molar-refractivity contribution in [2.45, 2.75) is 31.3 Å². The largest absolute Gasteiger partial charge is 0.352 e. The van der Waals surface area contributed by atoms with E-state index < -0.39 is 10.0 Å². The number of sulfonamides is 1. The third kappa shape index (κ3) is 4.40. The van der Waals surface area contributed by atoms with Crippen LogP contribution < -0.4 is 5.32 Å². The lowest BCUT2D eigenvalue weighted by Crippen LogP contribution is -2.23. The lowest BCUT2D eigenvalue weighted by molar-refractivity contribution is -0.121. The third-order valence-electron chi connectivity index (χ3n) is 4.56. The number of carbonyl (C=O) groups is 1. The molecule has 0 unspecified atom stereocenters. The molecule has 1 amide bonds. The van der Waals surface area contributed by atoms with Gasteiger partial charge in [0.25, 0.3) is 0 Å². The Balaban J connectivity index is 1.63. The Labute approximate surface area is 165 Å². The third-order valence-corrected chi connectivity index (χ3v) is 6.37. The summed E-state index contributed by atoms with van der Waals surface area (Å²) < 4.78 is 27.5. The summed E-state index contributed by atoms with van der Waals surface area (Å²) in [7, 11) is -0.515. The molecule has 1 heterocycles. The van der Waals surface area contributed by atoms with Crippen LogP contribution in [0.3, 0.4) is 0 Å². The summed E-state index contributed by atoms with van der Waals surface area (Å²) in [6.07, 6.45) is 1.94. The first-order valence-electron chi connectivity index (χ1n) is 8.97. The highest BCUT2D eigenvalue weighted by atomic mass is 32.2. The van der Waals surface area contributed by atoms with Crippen LogP contribution in [0, 0.1) is 6.92 Å². The molecule has 8 heteroatoms. The van der Waals surface area contributed by atoms with Gasteiger partial charge in [-0.3, -0.25) is 4.79 Å². The van der Waals surface area contributed by atoms with Crippen LogP contribution in [-0.4, -0.2) is 42.3 Å². The Morgan fingerprint density at radius 1 is 1.14 bits per heavy atom. The van der Waals surface area contributed by atoms with Crippen molar-refractivity contribution in [2.24, 2.45) is 0 Å². The molecule has 0 aliphatic carbocycles. The van der Waals surface area contributed by atoms with Crippen LogP contribution in [0.5, 0.6) is 0 Å². The average Bonchev–Trinajstić information content (AvgIpc) is 3.08. The van der Waals surface area contributed by atoms with Crippen LogP contribution in [0.15, 0.2) is 53.7 Å². The molecule has 1 N–H and O–H groups in total. The molecule has 2 aromatic carbocycles. The molecule has 28 heavy (non-hydrogen) atoms. The number of hydrogen-bond donors (Lipinski definition) is 1. The maximum absolute atomic E-state index is 12.2. The van der Waals surface area contributed by atoms with Gasteiger partial charge < -0.3 is 9.88 Å². The van der Waals surface area contributed by atoms with Gasteiger partial charge in [0.05, 0.1) is 22.3 Å². The molecule has 7 nitrogen and oxygen atoms in total. The highest BCUT2D eigenvalue weighted by molar-refractivity contribution is 7.89. The van der Waals surface area contributed by atoms with E-state index in [4.69, 9.17) is 0 Å². The maximum atomic E-state index is 12.2. The van der Waals surface area contributed by atoms with Gasteiger partial charge in [-0.25, -0.2) is 17.7 Å². The smallest absolute Gasteiger partial charge is 0.242 e. The molecule has 0 saturated heterocycles. The zero-order valence-electron chi connectivity index (χ0n) is 16.2. The molecule has 0 bridgehead atoms. The molecule has 0 aliphatic heterocycles. The summed E-state index contributed by atoms with van der Waals surface area (Å²) >= 11 is 0. The highest BCUT2D eigenvalue weighted by Gasteiger charge is 2.18. The lowest BCUT2D eigenvalue weighted by Gasteiger charge is -2.11. The van der Waals surface area contributed by atoms with Gasteiger partial charge in [-0.15, -0.1) is 0 Å². The number of nitrogens with zero attached hydrogens (tertiary/aromatic N) is 3. The Morgan fingerprint density at radius 2 is 1.86 bits per heavy atom. The second kappa shape index (κ2) is 8.12. The molecular weight excluding hydrogens is 376 g/mol. The van der Waals surface area contributed by atoms with Crippen LogP contribution in [0.1, 0.15) is 17.5 Å².